The van der Waals surface area contributed by atoms with E-state index in [1.807, 2.05) is 0 Å². The zero-order valence-corrected chi connectivity index (χ0v) is 7.52. The predicted molar refractivity (Wildman–Crippen MR) is 47.0 cm³/mol. The molecular formula is C6H7ClN2O2S. The van der Waals surface area contributed by atoms with Crippen molar-refractivity contribution < 1.29 is 9.90 Å². The molecule has 1 aromatic heterocycles. The van der Waals surface area contributed by atoms with Crippen LogP contribution >= 0.6 is 22.9 Å². The van der Waals surface area contributed by atoms with Crippen molar-refractivity contribution in [3.63, 3.8) is 0 Å². The summed E-state index contributed by atoms with van der Waals surface area (Å²) in [6, 6.07) is 0.693. The molecule has 0 radical (unpaired) electrons. The van der Waals surface area contributed by atoms with Crippen LogP contribution in [0.3, 0.4) is 0 Å². The molecular weight excluding hydrogens is 200 g/mol. The highest BCUT2D eigenvalue weighted by Gasteiger charge is 2.18. The summed E-state index contributed by atoms with van der Waals surface area (Å²) in [5.74, 6) is 4.02. The van der Waals surface area contributed by atoms with Gasteiger partial charge >= 0.3 is 5.97 Å². The van der Waals surface area contributed by atoms with Crippen LogP contribution in [0, 0.1) is 0 Å². The second-order valence-electron chi connectivity index (χ2n) is 2.12. The van der Waals surface area contributed by atoms with Crippen LogP contribution in [-0.2, 0) is 4.79 Å². The Morgan fingerprint density at radius 2 is 2.50 bits per heavy atom. The molecule has 0 fully saturated rings. The summed E-state index contributed by atoms with van der Waals surface area (Å²) in [6.07, 6.45) is 0. The lowest BCUT2D eigenvalue weighted by Crippen LogP contribution is -2.33. The van der Waals surface area contributed by atoms with E-state index in [1.165, 1.54) is 11.3 Å². The average Bonchev–Trinajstić information content (AvgIpc) is 2.37. The number of carboxylic acid groups (broad SMARTS) is 1. The molecule has 4 N–H and O–H groups in total. The van der Waals surface area contributed by atoms with Crippen molar-refractivity contribution in [2.24, 2.45) is 5.84 Å². The van der Waals surface area contributed by atoms with Gasteiger partial charge in [0.25, 0.3) is 0 Å². The number of carbonyl (C=O) groups is 1. The molecule has 1 aromatic rings. The first-order valence-corrected chi connectivity index (χ1v) is 4.33. The molecule has 0 saturated heterocycles. The van der Waals surface area contributed by atoms with Gasteiger partial charge < -0.3 is 5.11 Å². The summed E-state index contributed by atoms with van der Waals surface area (Å²) >= 11 is 6.90. The number of hydrogen-bond donors (Lipinski definition) is 3. The first kappa shape index (κ1) is 9.47. The van der Waals surface area contributed by atoms with Gasteiger partial charge in [0.2, 0.25) is 0 Å². The zero-order valence-electron chi connectivity index (χ0n) is 5.95. The largest absolute Gasteiger partial charge is 0.480 e. The molecule has 1 atom stereocenters. The monoisotopic (exact) mass is 206 g/mol. The standard InChI is InChI=1S/C6H7ClN2O2S/c7-4-1-3(2-12-4)5(9-8)6(10)11/h1-2,5,9H,8H2,(H,10,11). The molecule has 1 heterocycles. The lowest BCUT2D eigenvalue weighted by molar-refractivity contribution is -0.139. The Hall–Kier alpha value is -0.620. The maximum absolute atomic E-state index is 10.6. The van der Waals surface area contributed by atoms with E-state index in [-0.39, 0.29) is 0 Å². The van der Waals surface area contributed by atoms with Gasteiger partial charge in [0.05, 0.1) is 4.34 Å². The first-order chi connectivity index (χ1) is 5.65. The van der Waals surface area contributed by atoms with Crippen LogP contribution in [-0.4, -0.2) is 11.1 Å². The van der Waals surface area contributed by atoms with E-state index >= 15 is 0 Å². The van der Waals surface area contributed by atoms with Gasteiger partial charge in [-0.15, -0.1) is 11.3 Å². The van der Waals surface area contributed by atoms with E-state index in [1.54, 1.807) is 11.4 Å². The molecule has 4 nitrogen and oxygen atoms in total. The lowest BCUT2D eigenvalue weighted by atomic mass is 10.2. The fraction of sp³-hybridized carbons (Fsp3) is 0.167. The van der Waals surface area contributed by atoms with Gasteiger partial charge in [-0.25, -0.2) is 5.43 Å². The summed E-state index contributed by atoms with van der Waals surface area (Å²) in [6.45, 7) is 0. The number of halogens is 1. The minimum atomic E-state index is -1.02. The SMILES string of the molecule is NNC(C(=O)O)c1csc(Cl)c1. The van der Waals surface area contributed by atoms with Crippen LogP contribution in [0.5, 0.6) is 0 Å². The number of nitrogens with two attached hydrogens (primary N) is 1. The molecule has 66 valence electrons. The van der Waals surface area contributed by atoms with Gasteiger partial charge in [0, 0.05) is 0 Å². The van der Waals surface area contributed by atoms with Gasteiger partial charge in [-0.05, 0) is 17.0 Å². The van der Waals surface area contributed by atoms with E-state index in [9.17, 15) is 4.79 Å². The summed E-state index contributed by atoms with van der Waals surface area (Å²) in [4.78, 5) is 10.6. The fourth-order valence-corrected chi connectivity index (χ4v) is 1.70. The second kappa shape index (κ2) is 3.86. The van der Waals surface area contributed by atoms with Gasteiger partial charge in [-0.1, -0.05) is 11.6 Å². The van der Waals surface area contributed by atoms with Gasteiger partial charge in [0.1, 0.15) is 6.04 Å². The molecule has 0 aliphatic carbocycles. The summed E-state index contributed by atoms with van der Waals surface area (Å²) in [7, 11) is 0. The molecule has 1 unspecified atom stereocenters. The van der Waals surface area contributed by atoms with Crippen molar-refractivity contribution >= 4 is 28.9 Å². The third-order valence-corrected chi connectivity index (χ3v) is 2.44. The quantitative estimate of drug-likeness (QED) is 0.509. The Morgan fingerprint density at radius 1 is 1.83 bits per heavy atom. The first-order valence-electron chi connectivity index (χ1n) is 3.08. The van der Waals surface area contributed by atoms with Crippen molar-refractivity contribution in [3.8, 4) is 0 Å². The minimum Gasteiger partial charge on any atom is -0.480 e. The number of hydrogen-bond acceptors (Lipinski definition) is 4. The maximum Gasteiger partial charge on any atom is 0.326 e. The summed E-state index contributed by atoms with van der Waals surface area (Å²) < 4.78 is 0.548. The Labute approximate surface area is 77.9 Å². The van der Waals surface area contributed by atoms with Crippen molar-refractivity contribution in [3.05, 3.63) is 21.3 Å². The smallest absolute Gasteiger partial charge is 0.326 e. The molecule has 6 heteroatoms. The van der Waals surface area contributed by atoms with Gasteiger partial charge in [-0.3, -0.25) is 10.6 Å². The predicted octanol–water partition coefficient (Wildman–Crippen LogP) is 0.991. The zero-order chi connectivity index (χ0) is 9.14. The lowest BCUT2D eigenvalue weighted by Gasteiger charge is -2.07. The van der Waals surface area contributed by atoms with Crippen LogP contribution in [0.25, 0.3) is 0 Å². The van der Waals surface area contributed by atoms with E-state index in [4.69, 9.17) is 22.6 Å². The summed E-state index contributed by atoms with van der Waals surface area (Å²) in [5, 5.41) is 10.3. The van der Waals surface area contributed by atoms with Crippen molar-refractivity contribution in [2.45, 2.75) is 6.04 Å². The molecule has 0 aliphatic heterocycles. The molecule has 0 aliphatic rings. The molecule has 0 spiro atoms. The Kier molecular flexibility index (Phi) is 3.05. The van der Waals surface area contributed by atoms with Gasteiger partial charge in [-0.2, -0.15) is 0 Å². The van der Waals surface area contributed by atoms with Crippen LogP contribution in [0.15, 0.2) is 11.4 Å². The Balaban J connectivity index is 2.87. The molecule has 0 amide bonds. The number of aliphatic carboxylic acids is 1. The highest BCUT2D eigenvalue weighted by molar-refractivity contribution is 7.14. The molecule has 12 heavy (non-hydrogen) atoms. The highest BCUT2D eigenvalue weighted by atomic mass is 35.5. The molecule has 1 rings (SSSR count). The van der Waals surface area contributed by atoms with E-state index in [0.717, 1.165) is 0 Å². The number of carboxylic acids is 1. The Bertz CT molecular complexity index is 289. The third-order valence-electron chi connectivity index (χ3n) is 1.33. The number of hydrazine groups is 1. The molecule has 0 saturated carbocycles. The Morgan fingerprint density at radius 3 is 2.83 bits per heavy atom. The van der Waals surface area contributed by atoms with Crippen molar-refractivity contribution in [1.29, 1.82) is 0 Å². The molecule has 0 bridgehead atoms. The van der Waals surface area contributed by atoms with Crippen molar-refractivity contribution in [1.82, 2.24) is 5.43 Å². The normalized spacial score (nSPS) is 12.8. The van der Waals surface area contributed by atoms with E-state index < -0.39 is 12.0 Å². The summed E-state index contributed by atoms with van der Waals surface area (Å²) in [5.41, 5.74) is 2.75. The van der Waals surface area contributed by atoms with E-state index in [0.29, 0.717) is 9.90 Å². The third kappa shape index (κ3) is 1.95. The van der Waals surface area contributed by atoms with Crippen LogP contribution in [0.1, 0.15) is 11.6 Å². The maximum atomic E-state index is 10.6. The average molecular weight is 207 g/mol. The number of rotatable bonds is 3. The van der Waals surface area contributed by atoms with Crippen molar-refractivity contribution in [2.75, 3.05) is 0 Å². The highest BCUT2D eigenvalue weighted by Crippen LogP contribution is 2.24. The molecule has 0 aromatic carbocycles. The number of nitrogens with one attached hydrogen (secondary N) is 1. The van der Waals surface area contributed by atoms with E-state index in [2.05, 4.69) is 5.43 Å². The second-order valence-corrected chi connectivity index (χ2v) is 3.66. The minimum absolute atomic E-state index is 0.548. The fourth-order valence-electron chi connectivity index (χ4n) is 0.785. The topological polar surface area (TPSA) is 75.3 Å². The van der Waals surface area contributed by atoms with Crippen LogP contribution < -0.4 is 11.3 Å². The van der Waals surface area contributed by atoms with Crippen LogP contribution in [0.4, 0.5) is 0 Å². The van der Waals surface area contributed by atoms with Crippen LogP contribution in [0.2, 0.25) is 4.34 Å². The number of thiophene rings is 1. The van der Waals surface area contributed by atoms with Gasteiger partial charge in [0.15, 0.2) is 0 Å².